The van der Waals surface area contributed by atoms with Crippen LogP contribution in [0.2, 0.25) is 0 Å². The lowest BCUT2D eigenvalue weighted by Gasteiger charge is -2.36. The maximum absolute atomic E-state index is 12.3. The first-order valence-electron chi connectivity index (χ1n) is 6.99. The van der Waals surface area contributed by atoms with Crippen molar-refractivity contribution in [1.82, 2.24) is 4.90 Å². The minimum absolute atomic E-state index is 0.00343. The molecule has 0 fully saturated rings. The molecule has 1 aliphatic heterocycles. The molecule has 0 aliphatic carbocycles. The molecule has 1 aliphatic rings. The van der Waals surface area contributed by atoms with Gasteiger partial charge in [-0.25, -0.2) is 4.79 Å². The Kier molecular flexibility index (Phi) is 3.93. The van der Waals surface area contributed by atoms with Crippen molar-refractivity contribution in [2.24, 2.45) is 0 Å². The van der Waals surface area contributed by atoms with Crippen molar-refractivity contribution in [3.05, 3.63) is 29.3 Å². The first kappa shape index (κ1) is 14.7. The minimum atomic E-state index is -0.467. The summed E-state index contributed by atoms with van der Waals surface area (Å²) in [7, 11) is 1.68. The molecule has 4 nitrogen and oxygen atoms in total. The third kappa shape index (κ3) is 2.89. The molecule has 0 N–H and O–H groups in total. The van der Waals surface area contributed by atoms with E-state index in [1.54, 1.807) is 12.0 Å². The molecule has 2 rings (SSSR count). The van der Waals surface area contributed by atoms with Crippen molar-refractivity contribution in [3.63, 3.8) is 0 Å². The lowest BCUT2D eigenvalue weighted by molar-refractivity contribution is 0.0158. The third-order valence-corrected chi connectivity index (χ3v) is 3.54. The van der Waals surface area contributed by atoms with Gasteiger partial charge in [-0.1, -0.05) is 12.1 Å². The maximum atomic E-state index is 12.3. The van der Waals surface area contributed by atoms with Crippen molar-refractivity contribution in [2.45, 2.75) is 45.8 Å². The van der Waals surface area contributed by atoms with E-state index in [0.717, 1.165) is 17.7 Å². The molecule has 1 heterocycles. The van der Waals surface area contributed by atoms with Crippen LogP contribution < -0.4 is 4.74 Å². The zero-order chi connectivity index (χ0) is 14.9. The fourth-order valence-electron chi connectivity index (χ4n) is 2.60. The van der Waals surface area contributed by atoms with Crippen LogP contribution in [-0.4, -0.2) is 30.2 Å². The zero-order valence-corrected chi connectivity index (χ0v) is 12.9. The van der Waals surface area contributed by atoms with E-state index in [9.17, 15) is 4.79 Å². The average Bonchev–Trinajstić information content (AvgIpc) is 2.36. The number of fused-ring (bicyclic) bond motifs is 1. The van der Waals surface area contributed by atoms with E-state index in [4.69, 9.17) is 9.47 Å². The molecule has 0 saturated carbocycles. The van der Waals surface area contributed by atoms with E-state index < -0.39 is 5.60 Å². The molecular formula is C16H23NO3. The molecule has 0 bridgehead atoms. The Labute approximate surface area is 120 Å². The van der Waals surface area contributed by atoms with Gasteiger partial charge in [-0.2, -0.15) is 0 Å². The number of hydrogen-bond acceptors (Lipinski definition) is 3. The van der Waals surface area contributed by atoms with Gasteiger partial charge in [0.1, 0.15) is 11.4 Å². The van der Waals surface area contributed by atoms with Crippen LogP contribution in [0.15, 0.2) is 18.2 Å². The van der Waals surface area contributed by atoms with Crippen LogP contribution in [-0.2, 0) is 11.2 Å². The number of amides is 1. The Bertz CT molecular complexity index is 505. The molecule has 1 unspecified atom stereocenters. The SMILES string of the molecule is COc1cccc2c1CCN(C(=O)OC(C)(C)C)C2C. The Morgan fingerprint density at radius 1 is 1.35 bits per heavy atom. The molecular weight excluding hydrogens is 254 g/mol. The number of benzene rings is 1. The molecule has 110 valence electrons. The van der Waals surface area contributed by atoms with Crippen LogP contribution in [0.5, 0.6) is 5.75 Å². The predicted molar refractivity (Wildman–Crippen MR) is 78.1 cm³/mol. The number of ether oxygens (including phenoxy) is 2. The number of nitrogens with zero attached hydrogens (tertiary/aromatic N) is 1. The standard InChI is InChI=1S/C16H23NO3/c1-11-12-7-6-8-14(19-5)13(12)9-10-17(11)15(18)20-16(2,3)4/h6-8,11H,9-10H2,1-5H3. The highest BCUT2D eigenvalue weighted by molar-refractivity contribution is 5.69. The molecule has 1 amide bonds. The Hall–Kier alpha value is -1.71. The summed E-state index contributed by atoms with van der Waals surface area (Å²) in [5.74, 6) is 0.901. The lowest BCUT2D eigenvalue weighted by atomic mass is 9.93. The second-order valence-electron chi connectivity index (χ2n) is 6.13. The molecule has 0 aromatic heterocycles. The van der Waals surface area contributed by atoms with Gasteiger partial charge >= 0.3 is 6.09 Å². The number of rotatable bonds is 1. The van der Waals surface area contributed by atoms with Gasteiger partial charge in [0.2, 0.25) is 0 Å². The van der Waals surface area contributed by atoms with Crippen molar-refractivity contribution in [1.29, 1.82) is 0 Å². The summed E-state index contributed by atoms with van der Waals surface area (Å²) < 4.78 is 10.9. The van der Waals surface area contributed by atoms with Crippen LogP contribution in [0.3, 0.4) is 0 Å². The predicted octanol–water partition coefficient (Wildman–Crippen LogP) is 3.55. The van der Waals surface area contributed by atoms with Crippen molar-refractivity contribution < 1.29 is 14.3 Å². The number of methoxy groups -OCH3 is 1. The Morgan fingerprint density at radius 3 is 2.65 bits per heavy atom. The molecule has 0 spiro atoms. The molecule has 1 atom stereocenters. The molecule has 20 heavy (non-hydrogen) atoms. The van der Waals surface area contributed by atoms with Crippen LogP contribution in [0.25, 0.3) is 0 Å². The summed E-state index contributed by atoms with van der Waals surface area (Å²) in [6, 6.07) is 5.99. The first-order chi connectivity index (χ1) is 9.33. The summed E-state index contributed by atoms with van der Waals surface area (Å²) in [5, 5.41) is 0. The van der Waals surface area contributed by atoms with Crippen LogP contribution in [0, 0.1) is 0 Å². The lowest BCUT2D eigenvalue weighted by Crippen LogP contribution is -2.42. The van der Waals surface area contributed by atoms with Gasteiger partial charge in [0.05, 0.1) is 13.2 Å². The Morgan fingerprint density at radius 2 is 2.05 bits per heavy atom. The van der Waals surface area contributed by atoms with Gasteiger partial charge in [0.25, 0.3) is 0 Å². The van der Waals surface area contributed by atoms with E-state index in [-0.39, 0.29) is 12.1 Å². The molecule has 1 aromatic rings. The topological polar surface area (TPSA) is 38.8 Å². The van der Waals surface area contributed by atoms with Gasteiger partial charge in [-0.3, -0.25) is 0 Å². The van der Waals surface area contributed by atoms with E-state index in [0.29, 0.717) is 6.54 Å². The van der Waals surface area contributed by atoms with Gasteiger partial charge in [-0.15, -0.1) is 0 Å². The molecule has 0 saturated heterocycles. The van der Waals surface area contributed by atoms with Crippen molar-refractivity contribution >= 4 is 6.09 Å². The second-order valence-corrected chi connectivity index (χ2v) is 6.13. The monoisotopic (exact) mass is 277 g/mol. The fraction of sp³-hybridized carbons (Fsp3) is 0.562. The van der Waals surface area contributed by atoms with Crippen LogP contribution in [0.4, 0.5) is 4.79 Å². The van der Waals surface area contributed by atoms with Gasteiger partial charge < -0.3 is 14.4 Å². The van der Waals surface area contributed by atoms with Crippen LogP contribution in [0.1, 0.15) is 44.9 Å². The summed E-state index contributed by atoms with van der Waals surface area (Å²) in [6.45, 7) is 8.34. The first-order valence-corrected chi connectivity index (χ1v) is 6.99. The van der Waals surface area contributed by atoms with Crippen LogP contribution >= 0.6 is 0 Å². The Balaban J connectivity index is 2.24. The van der Waals surface area contributed by atoms with E-state index in [1.165, 1.54) is 5.56 Å². The largest absolute Gasteiger partial charge is 0.496 e. The normalized spacial score (nSPS) is 18.4. The van der Waals surface area contributed by atoms with Crippen molar-refractivity contribution in [2.75, 3.05) is 13.7 Å². The minimum Gasteiger partial charge on any atom is -0.496 e. The van der Waals surface area contributed by atoms with Gasteiger partial charge in [-0.05, 0) is 45.7 Å². The summed E-state index contributed by atoms with van der Waals surface area (Å²) in [6.07, 6.45) is 0.543. The highest BCUT2D eigenvalue weighted by atomic mass is 16.6. The van der Waals surface area contributed by atoms with Gasteiger partial charge in [0.15, 0.2) is 0 Å². The average molecular weight is 277 g/mol. The fourth-order valence-corrected chi connectivity index (χ4v) is 2.60. The quantitative estimate of drug-likeness (QED) is 0.788. The molecule has 1 aromatic carbocycles. The zero-order valence-electron chi connectivity index (χ0n) is 12.9. The van der Waals surface area contributed by atoms with E-state index in [2.05, 4.69) is 6.07 Å². The van der Waals surface area contributed by atoms with E-state index >= 15 is 0 Å². The highest BCUT2D eigenvalue weighted by Gasteiger charge is 2.32. The second kappa shape index (κ2) is 5.35. The number of carbonyl (C=O) groups excluding carboxylic acids is 1. The smallest absolute Gasteiger partial charge is 0.410 e. The summed E-state index contributed by atoms with van der Waals surface area (Å²) in [4.78, 5) is 14.0. The maximum Gasteiger partial charge on any atom is 0.410 e. The highest BCUT2D eigenvalue weighted by Crippen LogP contribution is 2.35. The summed E-state index contributed by atoms with van der Waals surface area (Å²) in [5.41, 5.74) is 1.87. The molecule has 4 heteroatoms. The van der Waals surface area contributed by atoms with Gasteiger partial charge in [0, 0.05) is 12.1 Å². The third-order valence-electron chi connectivity index (χ3n) is 3.54. The van der Waals surface area contributed by atoms with E-state index in [1.807, 2.05) is 39.8 Å². The molecule has 0 radical (unpaired) electrons. The summed E-state index contributed by atoms with van der Waals surface area (Å²) >= 11 is 0. The number of hydrogen-bond donors (Lipinski definition) is 0. The number of carbonyl (C=O) groups is 1. The van der Waals surface area contributed by atoms with Crippen molar-refractivity contribution in [3.8, 4) is 5.75 Å².